The Balaban J connectivity index is 2.12. The predicted molar refractivity (Wildman–Crippen MR) is 90.9 cm³/mol. The molecule has 0 unspecified atom stereocenters. The van der Waals surface area contributed by atoms with Gasteiger partial charge in [0.1, 0.15) is 6.79 Å². The van der Waals surface area contributed by atoms with Gasteiger partial charge in [-0.15, -0.1) is 0 Å². The molecule has 1 aromatic rings. The standard InChI is InChI=1S/C18H28N2O2/c1-14(2)11-17(19)16-8-4-5-9-18(16)20-10-6-7-15(12-20)22-13-21-3/h4-5,8-9,14-15,19H,6-7,10-13H2,1-3H3/t15-/m0/s1. The second kappa shape index (κ2) is 8.30. The lowest BCUT2D eigenvalue weighted by Gasteiger charge is -2.35. The smallest absolute Gasteiger partial charge is 0.146 e. The normalized spacial score (nSPS) is 18.7. The average molecular weight is 304 g/mol. The summed E-state index contributed by atoms with van der Waals surface area (Å²) in [4.78, 5) is 2.36. The van der Waals surface area contributed by atoms with Crippen molar-refractivity contribution in [1.29, 1.82) is 5.41 Å². The molecule has 0 amide bonds. The fraction of sp³-hybridized carbons (Fsp3) is 0.611. The Labute approximate surface area is 133 Å². The zero-order chi connectivity index (χ0) is 15.9. The van der Waals surface area contributed by atoms with Crippen molar-refractivity contribution in [2.24, 2.45) is 5.92 Å². The van der Waals surface area contributed by atoms with Crippen LogP contribution in [0.3, 0.4) is 0 Å². The van der Waals surface area contributed by atoms with Crippen LogP contribution in [0.15, 0.2) is 24.3 Å². The monoisotopic (exact) mass is 304 g/mol. The Morgan fingerprint density at radius 3 is 2.86 bits per heavy atom. The van der Waals surface area contributed by atoms with E-state index in [1.54, 1.807) is 7.11 Å². The van der Waals surface area contributed by atoms with Crippen LogP contribution in [0.2, 0.25) is 0 Å². The molecule has 1 saturated heterocycles. The van der Waals surface area contributed by atoms with Gasteiger partial charge in [-0.3, -0.25) is 0 Å². The van der Waals surface area contributed by atoms with E-state index in [0.29, 0.717) is 12.7 Å². The lowest BCUT2D eigenvalue weighted by atomic mass is 9.97. The summed E-state index contributed by atoms with van der Waals surface area (Å²) in [6.45, 7) is 6.57. The largest absolute Gasteiger partial charge is 0.368 e. The number of anilines is 1. The topological polar surface area (TPSA) is 45.6 Å². The third kappa shape index (κ3) is 4.55. The second-order valence-electron chi connectivity index (χ2n) is 6.38. The van der Waals surface area contributed by atoms with Gasteiger partial charge in [-0.1, -0.05) is 32.0 Å². The number of ether oxygens (including phenoxy) is 2. The van der Waals surface area contributed by atoms with Gasteiger partial charge in [0.15, 0.2) is 0 Å². The fourth-order valence-corrected chi connectivity index (χ4v) is 2.98. The number of piperidine rings is 1. The number of methoxy groups -OCH3 is 1. The van der Waals surface area contributed by atoms with Crippen molar-refractivity contribution in [2.45, 2.75) is 39.2 Å². The molecule has 4 heteroatoms. The summed E-state index contributed by atoms with van der Waals surface area (Å²) in [5.74, 6) is 0.500. The van der Waals surface area contributed by atoms with Gasteiger partial charge in [0.25, 0.3) is 0 Å². The molecule has 122 valence electrons. The highest BCUT2D eigenvalue weighted by Gasteiger charge is 2.23. The highest BCUT2D eigenvalue weighted by Crippen LogP contribution is 2.26. The maximum Gasteiger partial charge on any atom is 0.146 e. The van der Waals surface area contributed by atoms with Crippen LogP contribution in [-0.4, -0.2) is 38.8 Å². The summed E-state index contributed by atoms with van der Waals surface area (Å²) in [7, 11) is 1.66. The van der Waals surface area contributed by atoms with Gasteiger partial charge in [0.2, 0.25) is 0 Å². The minimum atomic E-state index is 0.209. The van der Waals surface area contributed by atoms with E-state index in [1.165, 1.54) is 5.69 Å². The fourth-order valence-electron chi connectivity index (χ4n) is 2.98. The first kappa shape index (κ1) is 17.0. The van der Waals surface area contributed by atoms with Crippen molar-refractivity contribution in [1.82, 2.24) is 0 Å². The van der Waals surface area contributed by atoms with Gasteiger partial charge in [0, 0.05) is 37.2 Å². The van der Waals surface area contributed by atoms with E-state index >= 15 is 0 Å². The van der Waals surface area contributed by atoms with Crippen LogP contribution in [-0.2, 0) is 9.47 Å². The highest BCUT2D eigenvalue weighted by atomic mass is 16.7. The molecule has 0 aromatic heterocycles. The number of nitrogens with one attached hydrogen (secondary N) is 1. The SMILES string of the molecule is COCO[C@H]1CCCN(c2ccccc2C(=N)CC(C)C)C1. The van der Waals surface area contributed by atoms with Crippen LogP contribution >= 0.6 is 0 Å². The van der Waals surface area contributed by atoms with Gasteiger partial charge in [-0.25, -0.2) is 0 Å². The molecule has 0 aliphatic carbocycles. The van der Waals surface area contributed by atoms with Crippen molar-refractivity contribution in [3.05, 3.63) is 29.8 Å². The summed E-state index contributed by atoms with van der Waals surface area (Å²) in [5, 5.41) is 8.40. The minimum absolute atomic E-state index is 0.209. The number of benzene rings is 1. The third-order valence-corrected chi connectivity index (χ3v) is 3.98. The second-order valence-corrected chi connectivity index (χ2v) is 6.38. The molecule has 0 bridgehead atoms. The van der Waals surface area contributed by atoms with Crippen LogP contribution in [0, 0.1) is 11.3 Å². The molecule has 1 N–H and O–H groups in total. The lowest BCUT2D eigenvalue weighted by Crippen LogP contribution is -2.40. The first-order chi connectivity index (χ1) is 10.6. The molecule has 1 fully saturated rings. The van der Waals surface area contributed by atoms with E-state index < -0.39 is 0 Å². The van der Waals surface area contributed by atoms with Gasteiger partial charge in [-0.2, -0.15) is 0 Å². The molecule has 1 heterocycles. The zero-order valence-corrected chi connectivity index (χ0v) is 14.0. The predicted octanol–water partition coefficient (Wildman–Crippen LogP) is 3.69. The Bertz CT molecular complexity index is 488. The third-order valence-electron chi connectivity index (χ3n) is 3.98. The van der Waals surface area contributed by atoms with Gasteiger partial charge < -0.3 is 19.8 Å². The van der Waals surface area contributed by atoms with Crippen LogP contribution in [0.5, 0.6) is 0 Å². The maximum atomic E-state index is 8.40. The van der Waals surface area contributed by atoms with Crippen molar-refractivity contribution in [3.63, 3.8) is 0 Å². The molecule has 0 spiro atoms. The van der Waals surface area contributed by atoms with E-state index in [0.717, 1.165) is 43.6 Å². The van der Waals surface area contributed by atoms with Crippen molar-refractivity contribution >= 4 is 11.4 Å². The van der Waals surface area contributed by atoms with E-state index in [1.807, 2.05) is 6.07 Å². The average Bonchev–Trinajstić information content (AvgIpc) is 2.52. The summed E-state index contributed by atoms with van der Waals surface area (Å²) in [5.41, 5.74) is 2.95. The molecule has 1 aliphatic heterocycles. The van der Waals surface area contributed by atoms with Crippen molar-refractivity contribution < 1.29 is 9.47 Å². The molecule has 1 aromatic carbocycles. The van der Waals surface area contributed by atoms with E-state index in [9.17, 15) is 0 Å². The van der Waals surface area contributed by atoms with E-state index in [4.69, 9.17) is 14.9 Å². The zero-order valence-electron chi connectivity index (χ0n) is 14.0. The minimum Gasteiger partial charge on any atom is -0.368 e. The molecule has 0 radical (unpaired) electrons. The molecule has 1 atom stereocenters. The quantitative estimate of drug-likeness (QED) is 0.617. The Morgan fingerprint density at radius 2 is 2.14 bits per heavy atom. The number of hydrogen-bond acceptors (Lipinski definition) is 4. The van der Waals surface area contributed by atoms with Crippen LogP contribution in [0.1, 0.15) is 38.7 Å². The first-order valence-electron chi connectivity index (χ1n) is 8.14. The molecule has 0 saturated carbocycles. The first-order valence-corrected chi connectivity index (χ1v) is 8.14. The Kier molecular flexibility index (Phi) is 6.40. The number of hydrogen-bond donors (Lipinski definition) is 1. The van der Waals surface area contributed by atoms with Gasteiger partial charge in [0.05, 0.1) is 6.10 Å². The van der Waals surface area contributed by atoms with E-state index in [-0.39, 0.29) is 6.10 Å². The molecule has 1 aliphatic rings. The number of rotatable bonds is 7. The number of nitrogens with zero attached hydrogens (tertiary/aromatic N) is 1. The molecule has 4 nitrogen and oxygen atoms in total. The Morgan fingerprint density at radius 1 is 1.36 bits per heavy atom. The van der Waals surface area contributed by atoms with E-state index in [2.05, 4.69) is 36.9 Å². The molecule has 2 rings (SSSR count). The number of para-hydroxylation sites is 1. The van der Waals surface area contributed by atoms with Gasteiger partial charge in [-0.05, 0) is 31.2 Å². The van der Waals surface area contributed by atoms with Gasteiger partial charge >= 0.3 is 0 Å². The van der Waals surface area contributed by atoms with Crippen LogP contribution < -0.4 is 4.90 Å². The van der Waals surface area contributed by atoms with Crippen LogP contribution in [0.4, 0.5) is 5.69 Å². The molecular weight excluding hydrogens is 276 g/mol. The lowest BCUT2D eigenvalue weighted by molar-refractivity contribution is -0.0743. The summed E-state index contributed by atoms with van der Waals surface area (Å²) >= 11 is 0. The summed E-state index contributed by atoms with van der Waals surface area (Å²) < 4.78 is 10.7. The Hall–Kier alpha value is -1.39. The van der Waals surface area contributed by atoms with Crippen molar-refractivity contribution in [3.8, 4) is 0 Å². The summed E-state index contributed by atoms with van der Waals surface area (Å²) in [6, 6.07) is 8.28. The van der Waals surface area contributed by atoms with Crippen LogP contribution in [0.25, 0.3) is 0 Å². The molecule has 22 heavy (non-hydrogen) atoms. The maximum absolute atomic E-state index is 8.40. The molecular formula is C18H28N2O2. The summed E-state index contributed by atoms with van der Waals surface area (Å²) in [6.07, 6.45) is 3.21. The highest BCUT2D eigenvalue weighted by molar-refractivity contribution is 6.03. The van der Waals surface area contributed by atoms with Crippen molar-refractivity contribution in [2.75, 3.05) is 31.9 Å².